The SMILES string of the molecule is Cc1ncc(C(=O)CCC(=O)N2CCC[C@H]2C(=O)C[C@@H](CCc2ccccc2)C(=O)N[C@@H](CC(C)C)C(=O)[C@@]2(C)CO2)s1. The van der Waals surface area contributed by atoms with Crippen molar-refractivity contribution < 1.29 is 28.7 Å². The Kier molecular flexibility index (Phi) is 11.0. The number of aromatic nitrogens is 1. The van der Waals surface area contributed by atoms with Crippen LogP contribution in [-0.2, 0) is 30.3 Å². The maximum Gasteiger partial charge on any atom is 0.224 e. The van der Waals surface area contributed by atoms with Gasteiger partial charge in [-0.1, -0.05) is 44.2 Å². The molecule has 0 spiro atoms. The number of hydrogen-bond acceptors (Lipinski definition) is 8. The van der Waals surface area contributed by atoms with Gasteiger partial charge in [-0.05, 0) is 57.4 Å². The number of aryl methyl sites for hydroxylation is 2. The molecule has 2 amide bonds. The first-order valence-corrected chi connectivity index (χ1v) is 16.1. The molecular weight excluding hydrogens is 566 g/mol. The molecule has 0 bridgehead atoms. The first-order valence-electron chi connectivity index (χ1n) is 15.3. The molecule has 232 valence electrons. The molecule has 0 unspecified atom stereocenters. The third kappa shape index (κ3) is 8.89. The van der Waals surface area contributed by atoms with Crippen molar-refractivity contribution >= 4 is 40.5 Å². The standard InChI is InChI=1S/C33H43N3O6S/c1-21(2)17-25(31(40)33(4)20-42-33)35-32(41)24(13-12-23-9-6-5-7-10-23)18-28(38)26-11-8-16-36(26)30(39)15-14-27(37)29-19-34-22(3)43-29/h5-7,9-10,19,21,24-26H,8,11-18,20H2,1-4H3,(H,35,41)/t24-,25+,26+,33-/m1/s1. The van der Waals surface area contributed by atoms with Gasteiger partial charge in [0.25, 0.3) is 0 Å². The highest BCUT2D eigenvalue weighted by atomic mass is 32.1. The summed E-state index contributed by atoms with van der Waals surface area (Å²) in [6.07, 6.45) is 4.33. The Labute approximate surface area is 257 Å². The zero-order valence-electron chi connectivity index (χ0n) is 25.6. The van der Waals surface area contributed by atoms with E-state index in [4.69, 9.17) is 4.74 Å². The fourth-order valence-corrected chi connectivity index (χ4v) is 6.42. The Morgan fingerprint density at radius 3 is 2.49 bits per heavy atom. The molecule has 2 aromatic rings. The van der Waals surface area contributed by atoms with Gasteiger partial charge < -0.3 is 15.0 Å². The monoisotopic (exact) mass is 609 g/mol. The Hall–Kier alpha value is -3.24. The van der Waals surface area contributed by atoms with E-state index in [1.54, 1.807) is 11.8 Å². The van der Waals surface area contributed by atoms with Gasteiger partial charge in [0.05, 0.1) is 28.6 Å². The third-order valence-electron chi connectivity index (χ3n) is 8.29. The molecule has 1 N–H and O–H groups in total. The quantitative estimate of drug-likeness (QED) is 0.219. The Bertz CT molecular complexity index is 1320. The zero-order valence-corrected chi connectivity index (χ0v) is 26.4. The number of thiazole rings is 1. The molecule has 10 heteroatoms. The van der Waals surface area contributed by atoms with Gasteiger partial charge in [0.2, 0.25) is 11.8 Å². The van der Waals surface area contributed by atoms with E-state index in [2.05, 4.69) is 10.3 Å². The molecule has 4 rings (SSSR count). The Balaban J connectivity index is 1.42. The minimum Gasteiger partial charge on any atom is -0.361 e. The topological polar surface area (TPSA) is 126 Å². The van der Waals surface area contributed by atoms with Crippen LogP contribution < -0.4 is 5.32 Å². The number of carbonyl (C=O) groups excluding carboxylic acids is 5. The number of likely N-dealkylation sites (tertiary alicyclic amines) is 1. The van der Waals surface area contributed by atoms with Crippen molar-refractivity contribution in [3.63, 3.8) is 0 Å². The number of rotatable bonds is 16. The van der Waals surface area contributed by atoms with E-state index in [1.807, 2.05) is 51.1 Å². The van der Waals surface area contributed by atoms with Crippen LogP contribution in [0.5, 0.6) is 0 Å². The summed E-state index contributed by atoms with van der Waals surface area (Å²) in [5.41, 5.74) is 0.188. The summed E-state index contributed by atoms with van der Waals surface area (Å²) in [5.74, 6) is -1.46. The van der Waals surface area contributed by atoms with Gasteiger partial charge in [0.1, 0.15) is 5.60 Å². The lowest BCUT2D eigenvalue weighted by Gasteiger charge is -2.27. The molecule has 4 atom stereocenters. The van der Waals surface area contributed by atoms with Crippen molar-refractivity contribution in [3.8, 4) is 0 Å². The van der Waals surface area contributed by atoms with Crippen LogP contribution in [0.25, 0.3) is 0 Å². The summed E-state index contributed by atoms with van der Waals surface area (Å²) in [6, 6.07) is 8.46. The summed E-state index contributed by atoms with van der Waals surface area (Å²) in [4.78, 5) is 72.4. The number of Topliss-reactive ketones (excluding diaryl/α,β-unsaturated/α-hetero) is 3. The van der Waals surface area contributed by atoms with E-state index in [0.717, 1.165) is 10.6 Å². The van der Waals surface area contributed by atoms with Gasteiger partial charge in [-0.15, -0.1) is 11.3 Å². The van der Waals surface area contributed by atoms with Crippen LogP contribution in [0.2, 0.25) is 0 Å². The molecule has 1 aromatic heterocycles. The predicted octanol–water partition coefficient (Wildman–Crippen LogP) is 4.50. The van der Waals surface area contributed by atoms with Gasteiger partial charge in [0.15, 0.2) is 17.3 Å². The third-order valence-corrected chi connectivity index (χ3v) is 9.24. The smallest absolute Gasteiger partial charge is 0.224 e. The molecule has 1 aromatic carbocycles. The lowest BCUT2D eigenvalue weighted by molar-refractivity contribution is -0.139. The molecule has 2 saturated heterocycles. The van der Waals surface area contributed by atoms with E-state index >= 15 is 0 Å². The number of ketones is 3. The number of amides is 2. The minimum absolute atomic E-state index is 0.0251. The summed E-state index contributed by atoms with van der Waals surface area (Å²) >= 11 is 1.31. The van der Waals surface area contributed by atoms with Gasteiger partial charge in [-0.3, -0.25) is 24.0 Å². The molecule has 0 radical (unpaired) electrons. The van der Waals surface area contributed by atoms with Crippen LogP contribution in [0.4, 0.5) is 0 Å². The molecule has 0 saturated carbocycles. The summed E-state index contributed by atoms with van der Waals surface area (Å²) in [6.45, 7) is 8.35. The van der Waals surface area contributed by atoms with Gasteiger partial charge in [-0.25, -0.2) is 4.98 Å². The maximum atomic E-state index is 13.7. The van der Waals surface area contributed by atoms with Crippen LogP contribution in [0, 0.1) is 18.8 Å². The Morgan fingerprint density at radius 1 is 1.14 bits per heavy atom. The van der Waals surface area contributed by atoms with Crippen molar-refractivity contribution in [3.05, 3.63) is 52.0 Å². The highest BCUT2D eigenvalue weighted by Gasteiger charge is 2.50. The van der Waals surface area contributed by atoms with E-state index in [-0.39, 0.29) is 54.3 Å². The van der Waals surface area contributed by atoms with Crippen molar-refractivity contribution in [2.45, 2.75) is 96.7 Å². The second kappa shape index (κ2) is 14.5. The molecule has 2 aliphatic heterocycles. The van der Waals surface area contributed by atoms with Crippen LogP contribution in [0.15, 0.2) is 36.5 Å². The van der Waals surface area contributed by atoms with E-state index < -0.39 is 23.6 Å². The largest absolute Gasteiger partial charge is 0.361 e. The van der Waals surface area contributed by atoms with Crippen LogP contribution in [-0.4, -0.2) is 69.9 Å². The van der Waals surface area contributed by atoms with Crippen molar-refractivity contribution in [1.82, 2.24) is 15.2 Å². The normalized spacial score (nSPS) is 21.0. The predicted molar refractivity (Wildman–Crippen MR) is 164 cm³/mol. The van der Waals surface area contributed by atoms with Crippen molar-refractivity contribution in [1.29, 1.82) is 0 Å². The fourth-order valence-electron chi connectivity index (χ4n) is 5.68. The zero-order chi connectivity index (χ0) is 31.1. The maximum absolute atomic E-state index is 13.7. The van der Waals surface area contributed by atoms with Gasteiger partial charge >= 0.3 is 0 Å². The summed E-state index contributed by atoms with van der Waals surface area (Å²) in [5, 5.41) is 3.76. The number of nitrogens with one attached hydrogen (secondary N) is 1. The average Bonchev–Trinajstić information content (AvgIpc) is 3.34. The van der Waals surface area contributed by atoms with E-state index in [1.165, 1.54) is 17.5 Å². The number of hydrogen-bond donors (Lipinski definition) is 1. The summed E-state index contributed by atoms with van der Waals surface area (Å²) in [7, 11) is 0. The van der Waals surface area contributed by atoms with Crippen molar-refractivity contribution in [2.24, 2.45) is 11.8 Å². The second-order valence-corrected chi connectivity index (χ2v) is 13.6. The number of epoxide rings is 1. The van der Waals surface area contributed by atoms with Crippen LogP contribution >= 0.6 is 11.3 Å². The lowest BCUT2D eigenvalue weighted by atomic mass is 9.89. The average molecular weight is 610 g/mol. The first-order chi connectivity index (χ1) is 20.5. The summed E-state index contributed by atoms with van der Waals surface area (Å²) < 4.78 is 5.38. The van der Waals surface area contributed by atoms with E-state index in [9.17, 15) is 24.0 Å². The molecule has 0 aliphatic carbocycles. The molecular formula is C33H43N3O6S. The molecule has 9 nitrogen and oxygen atoms in total. The molecule has 43 heavy (non-hydrogen) atoms. The van der Waals surface area contributed by atoms with Gasteiger partial charge in [-0.2, -0.15) is 0 Å². The number of carbonyl (C=O) groups is 5. The van der Waals surface area contributed by atoms with E-state index in [0.29, 0.717) is 50.1 Å². The number of benzene rings is 1. The highest BCUT2D eigenvalue weighted by molar-refractivity contribution is 7.13. The first kappa shape index (κ1) is 32.7. The van der Waals surface area contributed by atoms with Gasteiger partial charge in [0, 0.05) is 37.9 Å². The highest BCUT2D eigenvalue weighted by Crippen LogP contribution is 2.30. The number of nitrogens with zero attached hydrogens (tertiary/aromatic N) is 2. The van der Waals surface area contributed by atoms with Crippen molar-refractivity contribution in [2.75, 3.05) is 13.2 Å². The fraction of sp³-hybridized carbons (Fsp3) is 0.576. The Morgan fingerprint density at radius 2 is 1.86 bits per heavy atom. The lowest BCUT2D eigenvalue weighted by Crippen LogP contribution is -2.49. The molecule has 3 heterocycles. The van der Waals surface area contributed by atoms with Crippen LogP contribution in [0.3, 0.4) is 0 Å². The minimum atomic E-state index is -0.868. The molecule has 2 fully saturated rings. The molecule has 2 aliphatic rings. The van der Waals surface area contributed by atoms with Crippen LogP contribution in [0.1, 0.15) is 86.0 Å². The number of ether oxygens (including phenoxy) is 1. The second-order valence-electron chi connectivity index (χ2n) is 12.4.